The van der Waals surface area contributed by atoms with Crippen LogP contribution < -0.4 is 10.6 Å². The van der Waals surface area contributed by atoms with Gasteiger partial charge in [0.05, 0.1) is 30.9 Å². The third-order valence-corrected chi connectivity index (χ3v) is 3.61. The van der Waals surface area contributed by atoms with Gasteiger partial charge in [0.25, 0.3) is 0 Å². The normalized spacial score (nSPS) is 19.1. The molecule has 1 atom stereocenters. The smallest absolute Gasteiger partial charge is 0.335 e. The number of hydrogen-bond acceptors (Lipinski definition) is 4. The van der Waals surface area contributed by atoms with E-state index in [1.54, 1.807) is 0 Å². The van der Waals surface area contributed by atoms with Crippen molar-refractivity contribution in [3.63, 3.8) is 0 Å². The number of carboxylic acid groups (broad SMARTS) is 1. The predicted octanol–water partition coefficient (Wildman–Crippen LogP) is 4.44. The van der Waals surface area contributed by atoms with Crippen LogP contribution in [0.4, 0.5) is 5.69 Å². The van der Waals surface area contributed by atoms with Crippen molar-refractivity contribution < 1.29 is 34.2 Å². The lowest BCUT2D eigenvalue weighted by atomic mass is 10.0. The van der Waals surface area contributed by atoms with Crippen LogP contribution >= 0.6 is 11.6 Å². The SMILES string of the molecule is [2H]c1c([2H])c(NC([2H])([2H])CNC[C@H](O)c2c([2H])c([2H])c([2H])c(Cl)c2[2H])c([2H])c(-c2c([2H])c([2H])c([2H])c(C(=O)O)c2[2H])c1[2H]. The minimum atomic E-state index is -2.55. The molecule has 0 heterocycles. The van der Waals surface area contributed by atoms with Gasteiger partial charge < -0.3 is 20.8 Å². The fourth-order valence-electron chi connectivity index (χ4n) is 2.11. The van der Waals surface area contributed by atoms with Gasteiger partial charge in [-0.05, 0) is 52.9 Å². The maximum atomic E-state index is 11.7. The van der Waals surface area contributed by atoms with Crippen LogP contribution in [-0.4, -0.2) is 35.8 Å². The summed E-state index contributed by atoms with van der Waals surface area (Å²) in [6, 6.07) is -9.43. The van der Waals surface area contributed by atoms with Crippen LogP contribution in [0.15, 0.2) is 72.5 Å². The lowest BCUT2D eigenvalue weighted by Crippen LogP contribution is -2.26. The first-order valence-corrected chi connectivity index (χ1v) is 8.51. The summed E-state index contributed by atoms with van der Waals surface area (Å²) in [7, 11) is 0. The van der Waals surface area contributed by atoms with E-state index in [9.17, 15) is 15.0 Å². The van der Waals surface area contributed by atoms with E-state index in [0.717, 1.165) is 0 Å². The highest BCUT2D eigenvalue weighted by atomic mass is 35.5. The number of aliphatic hydroxyl groups excluding tert-OH is 1. The Morgan fingerprint density at radius 3 is 2.59 bits per heavy atom. The highest BCUT2D eigenvalue weighted by molar-refractivity contribution is 6.30. The van der Waals surface area contributed by atoms with Gasteiger partial charge >= 0.3 is 5.97 Å². The second-order valence-electron chi connectivity index (χ2n) is 5.48. The maximum absolute atomic E-state index is 11.7. The van der Waals surface area contributed by atoms with Gasteiger partial charge in [-0.1, -0.05) is 47.9 Å². The van der Waals surface area contributed by atoms with Gasteiger partial charge in [0.15, 0.2) is 0 Å². The third kappa shape index (κ3) is 6.06. The second kappa shape index (κ2) is 10.1. The average Bonchev–Trinajstić information content (AvgIpc) is 2.92. The summed E-state index contributed by atoms with van der Waals surface area (Å²) in [5.41, 5.74) is -3.43. The summed E-state index contributed by atoms with van der Waals surface area (Å²) in [5.74, 6) is -1.78. The summed E-state index contributed by atoms with van der Waals surface area (Å²) < 4.78 is 113. The molecule has 0 unspecified atom stereocenters. The monoisotopic (exact) mass is 424 g/mol. The summed E-state index contributed by atoms with van der Waals surface area (Å²) in [4.78, 5) is 11.7. The zero-order valence-electron chi connectivity index (χ0n) is 28.7. The molecule has 0 bridgehead atoms. The van der Waals surface area contributed by atoms with E-state index in [0.29, 0.717) is 0 Å². The van der Waals surface area contributed by atoms with Crippen LogP contribution in [0, 0.1) is 0 Å². The topological polar surface area (TPSA) is 81.6 Å². The molecule has 4 N–H and O–H groups in total. The number of benzene rings is 3. The zero-order valence-corrected chi connectivity index (χ0v) is 15.4. The highest BCUT2D eigenvalue weighted by Gasteiger charge is 2.07. The van der Waals surface area contributed by atoms with E-state index in [1.807, 2.05) is 0 Å². The lowest BCUT2D eigenvalue weighted by molar-refractivity contribution is 0.0697. The van der Waals surface area contributed by atoms with E-state index in [4.69, 9.17) is 30.8 Å². The largest absolute Gasteiger partial charge is 0.478 e. The molecular weight excluding hydrogens is 388 g/mol. The molecule has 5 nitrogen and oxygen atoms in total. The Bertz CT molecular complexity index is 1620. The minimum Gasteiger partial charge on any atom is -0.478 e. The van der Waals surface area contributed by atoms with E-state index in [-0.39, 0.29) is 5.56 Å². The van der Waals surface area contributed by atoms with Crippen LogP contribution in [0.2, 0.25) is 5.02 Å². The average molecular weight is 425 g/mol. The Kier molecular flexibility index (Phi) is 3.23. The molecule has 0 amide bonds. The van der Waals surface area contributed by atoms with Crippen molar-refractivity contribution in [3.05, 3.63) is 88.7 Å². The number of carboxylic acids is 1. The summed E-state index contributed by atoms with van der Waals surface area (Å²) in [6.45, 7) is -3.68. The molecule has 0 aromatic heterocycles. The first-order chi connectivity index (χ1) is 19.8. The fourth-order valence-corrected chi connectivity index (χ4v) is 2.26. The minimum absolute atomic E-state index is 0.367. The predicted molar refractivity (Wildman–Crippen MR) is 117 cm³/mol. The number of aromatic carboxylic acids is 1. The molecule has 150 valence electrons. The third-order valence-electron chi connectivity index (χ3n) is 3.43. The molecule has 0 spiro atoms. The van der Waals surface area contributed by atoms with Gasteiger partial charge in [-0.15, -0.1) is 0 Å². The van der Waals surface area contributed by atoms with Gasteiger partial charge in [-0.3, -0.25) is 0 Å². The Morgan fingerprint density at radius 2 is 1.79 bits per heavy atom. The molecule has 0 aliphatic rings. The molecule has 0 saturated heterocycles. The van der Waals surface area contributed by atoms with Crippen molar-refractivity contribution in [2.75, 3.05) is 24.9 Å². The first-order valence-electron chi connectivity index (χ1n) is 15.1. The van der Waals surface area contributed by atoms with Crippen LogP contribution in [-0.2, 0) is 0 Å². The van der Waals surface area contributed by atoms with Gasteiger partial charge in [-0.2, -0.15) is 0 Å². The Labute approximate surface area is 194 Å². The zero-order chi connectivity index (χ0) is 32.9. The summed E-state index contributed by atoms with van der Waals surface area (Å²) >= 11 is 5.86. The van der Waals surface area contributed by atoms with Crippen LogP contribution in [0.1, 0.15) is 41.2 Å². The van der Waals surface area contributed by atoms with Crippen molar-refractivity contribution in [2.24, 2.45) is 0 Å². The fraction of sp³-hybridized carbons (Fsp3) is 0.174. The quantitative estimate of drug-likeness (QED) is 0.408. The van der Waals surface area contributed by atoms with E-state index < -0.39 is 132 Å². The molecular formula is C23H23ClN2O3. The lowest BCUT2D eigenvalue weighted by Gasteiger charge is -2.13. The molecule has 0 saturated carbocycles. The molecule has 3 rings (SSSR count). The molecule has 3 aromatic carbocycles. The summed E-state index contributed by atoms with van der Waals surface area (Å²) in [5, 5.41) is 24.3. The van der Waals surface area contributed by atoms with Crippen molar-refractivity contribution in [1.82, 2.24) is 5.32 Å². The Morgan fingerprint density at radius 1 is 1.07 bits per heavy atom. The number of rotatable bonds is 9. The van der Waals surface area contributed by atoms with Crippen molar-refractivity contribution in [1.29, 1.82) is 0 Å². The number of aliphatic hydroxyl groups is 1. The molecule has 0 aliphatic carbocycles. The number of anilines is 1. The van der Waals surface area contributed by atoms with Gasteiger partial charge in [0, 0.05) is 30.3 Å². The highest BCUT2D eigenvalue weighted by Crippen LogP contribution is 2.23. The van der Waals surface area contributed by atoms with Crippen molar-refractivity contribution >= 4 is 23.3 Å². The standard InChI is InChI=1S/C23H23ClN2O3/c24-20-8-2-6-18(13-20)22(27)15-25-10-11-26-21-9-3-5-17(14-21)16-4-1-7-19(12-16)23(28)29/h1-9,12-14,22,25-27H,10-11,15H2,(H,28,29)/t22-/m0/s1/i1D,2D,3D,4D,5D,6D,7D,8D,9D,11D2,12D,13D,14D. The molecule has 0 radical (unpaired) electrons. The van der Waals surface area contributed by atoms with Gasteiger partial charge in [0.1, 0.15) is 0 Å². The second-order valence-corrected chi connectivity index (χ2v) is 5.86. The number of hydrogen-bond donors (Lipinski definition) is 4. The van der Waals surface area contributed by atoms with Crippen molar-refractivity contribution in [3.8, 4) is 11.1 Å². The van der Waals surface area contributed by atoms with E-state index in [2.05, 4.69) is 10.6 Å². The van der Waals surface area contributed by atoms with Crippen molar-refractivity contribution in [2.45, 2.75) is 6.10 Å². The molecule has 0 fully saturated rings. The van der Waals surface area contributed by atoms with Gasteiger partial charge in [-0.25, -0.2) is 4.79 Å². The van der Waals surface area contributed by atoms with Crippen LogP contribution in [0.5, 0.6) is 0 Å². The van der Waals surface area contributed by atoms with Gasteiger partial charge in [0.2, 0.25) is 0 Å². The first kappa shape index (κ1) is 9.30. The maximum Gasteiger partial charge on any atom is 0.335 e. The van der Waals surface area contributed by atoms with E-state index >= 15 is 0 Å². The van der Waals surface area contributed by atoms with Crippen LogP contribution in [0.3, 0.4) is 0 Å². The Balaban J connectivity index is 1.99. The Hall–Kier alpha value is -2.86. The molecule has 29 heavy (non-hydrogen) atoms. The number of nitrogens with one attached hydrogen (secondary N) is 2. The van der Waals surface area contributed by atoms with Crippen LogP contribution in [0.25, 0.3) is 11.1 Å². The number of carbonyl (C=O) groups is 1. The summed E-state index contributed by atoms with van der Waals surface area (Å²) in [6.07, 6.45) is -1.63. The molecule has 6 heteroatoms. The van der Waals surface area contributed by atoms with E-state index in [1.165, 1.54) is 0 Å². The molecule has 3 aromatic rings. The molecule has 0 aliphatic heterocycles. The number of halogens is 1.